The summed E-state index contributed by atoms with van der Waals surface area (Å²) >= 11 is 6.86. The van der Waals surface area contributed by atoms with Gasteiger partial charge < -0.3 is 5.11 Å². The van der Waals surface area contributed by atoms with Crippen molar-refractivity contribution < 1.29 is 14.7 Å². The third-order valence-corrected chi connectivity index (χ3v) is 3.31. The van der Waals surface area contributed by atoms with Crippen LogP contribution >= 0.6 is 22.9 Å². The molecule has 2 rings (SSSR count). The zero-order chi connectivity index (χ0) is 11.0. The van der Waals surface area contributed by atoms with Gasteiger partial charge in [-0.05, 0) is 0 Å². The molecule has 0 bridgehead atoms. The first-order chi connectivity index (χ1) is 7.08. The van der Waals surface area contributed by atoms with Crippen molar-refractivity contribution in [2.45, 2.75) is 6.42 Å². The Bertz CT molecular complexity index is 420. The molecule has 1 fully saturated rings. The van der Waals surface area contributed by atoms with E-state index in [4.69, 9.17) is 16.7 Å². The number of halogens is 1. The van der Waals surface area contributed by atoms with Gasteiger partial charge in [0, 0.05) is 13.0 Å². The molecule has 1 amide bonds. The van der Waals surface area contributed by atoms with Crippen LogP contribution in [0.3, 0.4) is 0 Å². The van der Waals surface area contributed by atoms with Crippen LogP contribution < -0.4 is 4.90 Å². The minimum Gasteiger partial charge on any atom is -0.481 e. The molecule has 0 aromatic carbocycles. The zero-order valence-corrected chi connectivity index (χ0v) is 9.09. The molecule has 15 heavy (non-hydrogen) atoms. The van der Waals surface area contributed by atoms with E-state index in [1.165, 1.54) is 22.4 Å². The average Bonchev–Trinajstić information content (AvgIpc) is 2.71. The van der Waals surface area contributed by atoms with Gasteiger partial charge in [-0.15, -0.1) is 0 Å². The number of amides is 1. The van der Waals surface area contributed by atoms with Gasteiger partial charge in [-0.25, -0.2) is 4.98 Å². The van der Waals surface area contributed by atoms with E-state index in [-0.39, 0.29) is 18.9 Å². The monoisotopic (exact) mass is 246 g/mol. The molecular formula is C8H7ClN2O3S. The largest absolute Gasteiger partial charge is 0.481 e. The molecule has 7 heteroatoms. The molecule has 0 aliphatic carbocycles. The summed E-state index contributed by atoms with van der Waals surface area (Å²) in [5.41, 5.74) is 0. The van der Waals surface area contributed by atoms with Crippen molar-refractivity contribution in [1.29, 1.82) is 0 Å². The number of carboxylic acids is 1. The van der Waals surface area contributed by atoms with Crippen LogP contribution in [-0.4, -0.2) is 28.5 Å². The van der Waals surface area contributed by atoms with Gasteiger partial charge in [0.05, 0.1) is 12.1 Å². The Morgan fingerprint density at radius 3 is 2.93 bits per heavy atom. The summed E-state index contributed by atoms with van der Waals surface area (Å²) in [6, 6.07) is 0. The highest BCUT2D eigenvalue weighted by Crippen LogP contribution is 2.30. The summed E-state index contributed by atoms with van der Waals surface area (Å²) in [4.78, 5) is 27.5. The van der Waals surface area contributed by atoms with Gasteiger partial charge in [0.2, 0.25) is 5.91 Å². The molecule has 80 valence electrons. The fraction of sp³-hybridized carbons (Fsp3) is 0.375. The normalized spacial score (nSPS) is 21.0. The molecule has 2 heterocycles. The lowest BCUT2D eigenvalue weighted by Gasteiger charge is -2.10. The number of carbonyl (C=O) groups is 2. The highest BCUT2D eigenvalue weighted by Gasteiger charge is 2.36. The summed E-state index contributed by atoms with van der Waals surface area (Å²) in [5, 5.41) is 9.25. The fourth-order valence-corrected chi connectivity index (χ4v) is 2.36. The smallest absolute Gasteiger partial charge is 0.308 e. The van der Waals surface area contributed by atoms with Crippen LogP contribution in [-0.2, 0) is 9.59 Å². The molecule has 1 unspecified atom stereocenters. The van der Waals surface area contributed by atoms with Crippen molar-refractivity contribution in [2.24, 2.45) is 5.92 Å². The maximum Gasteiger partial charge on any atom is 0.308 e. The van der Waals surface area contributed by atoms with Crippen LogP contribution in [0.15, 0.2) is 6.20 Å². The molecule has 1 atom stereocenters. The Morgan fingerprint density at radius 2 is 2.47 bits per heavy atom. The number of carboxylic acid groups (broad SMARTS) is 1. The summed E-state index contributed by atoms with van der Waals surface area (Å²) < 4.78 is 0.483. The van der Waals surface area contributed by atoms with Crippen molar-refractivity contribution in [1.82, 2.24) is 4.98 Å². The summed E-state index contributed by atoms with van der Waals surface area (Å²) in [6.45, 7) is 0.179. The highest BCUT2D eigenvalue weighted by atomic mass is 35.5. The molecule has 1 aliphatic heterocycles. The van der Waals surface area contributed by atoms with E-state index >= 15 is 0 Å². The third-order valence-electron chi connectivity index (χ3n) is 2.17. The number of thiazole rings is 1. The van der Waals surface area contributed by atoms with Gasteiger partial charge in [-0.3, -0.25) is 14.5 Å². The average molecular weight is 247 g/mol. The zero-order valence-electron chi connectivity index (χ0n) is 7.51. The Balaban J connectivity index is 2.18. The molecule has 0 saturated carbocycles. The third kappa shape index (κ3) is 1.95. The van der Waals surface area contributed by atoms with Gasteiger partial charge in [-0.2, -0.15) is 0 Å². The molecule has 0 spiro atoms. The van der Waals surface area contributed by atoms with Crippen molar-refractivity contribution in [3.05, 3.63) is 10.5 Å². The van der Waals surface area contributed by atoms with Crippen molar-refractivity contribution in [3.63, 3.8) is 0 Å². The second kappa shape index (κ2) is 3.79. The fourth-order valence-electron chi connectivity index (χ4n) is 1.43. The summed E-state index contributed by atoms with van der Waals surface area (Å²) in [7, 11) is 0. The van der Waals surface area contributed by atoms with Crippen LogP contribution in [0.25, 0.3) is 0 Å². The van der Waals surface area contributed by atoms with Gasteiger partial charge in [0.15, 0.2) is 5.13 Å². The molecule has 1 aromatic heterocycles. The van der Waals surface area contributed by atoms with Crippen LogP contribution in [0.4, 0.5) is 5.13 Å². The molecule has 0 radical (unpaired) electrons. The number of anilines is 1. The second-order valence-corrected chi connectivity index (χ2v) is 4.83. The van der Waals surface area contributed by atoms with E-state index < -0.39 is 11.9 Å². The van der Waals surface area contributed by atoms with Crippen molar-refractivity contribution in [2.75, 3.05) is 11.4 Å². The van der Waals surface area contributed by atoms with E-state index in [9.17, 15) is 9.59 Å². The first-order valence-electron chi connectivity index (χ1n) is 4.22. The highest BCUT2D eigenvalue weighted by molar-refractivity contribution is 7.19. The maximum atomic E-state index is 11.5. The lowest BCUT2D eigenvalue weighted by Crippen LogP contribution is -2.25. The summed E-state index contributed by atoms with van der Waals surface area (Å²) in [6.07, 6.45) is 1.48. The lowest BCUT2D eigenvalue weighted by molar-refractivity contribution is -0.141. The quantitative estimate of drug-likeness (QED) is 0.852. The number of rotatable bonds is 2. The van der Waals surface area contributed by atoms with Crippen molar-refractivity contribution in [3.8, 4) is 0 Å². The molecule has 5 nitrogen and oxygen atoms in total. The first kappa shape index (κ1) is 10.4. The Hall–Kier alpha value is -1.14. The number of carbonyl (C=O) groups excluding carboxylic acids is 1. The predicted octanol–water partition coefficient (Wildman–Crippen LogP) is 1.23. The van der Waals surface area contributed by atoms with Gasteiger partial charge in [0.25, 0.3) is 0 Å². The second-order valence-electron chi connectivity index (χ2n) is 3.19. The van der Waals surface area contributed by atoms with Gasteiger partial charge in [0.1, 0.15) is 4.34 Å². The first-order valence-corrected chi connectivity index (χ1v) is 5.42. The topological polar surface area (TPSA) is 70.5 Å². The van der Waals surface area contributed by atoms with E-state index in [0.717, 1.165) is 0 Å². The minimum atomic E-state index is -0.950. The Kier molecular flexibility index (Phi) is 2.62. The summed E-state index contributed by atoms with van der Waals surface area (Å²) in [5.74, 6) is -1.80. The molecule has 1 aliphatic rings. The minimum absolute atomic E-state index is 0.0343. The number of nitrogens with zero attached hydrogens (tertiary/aromatic N) is 2. The van der Waals surface area contributed by atoms with Gasteiger partial charge >= 0.3 is 5.97 Å². The number of aromatic nitrogens is 1. The van der Waals surface area contributed by atoms with Crippen LogP contribution in [0, 0.1) is 5.92 Å². The van der Waals surface area contributed by atoms with E-state index in [0.29, 0.717) is 9.47 Å². The molecule has 1 aromatic rings. The van der Waals surface area contributed by atoms with E-state index in [1.54, 1.807) is 0 Å². The standard InChI is InChI=1S/C8H7ClN2O3S/c9-5-2-10-8(15-5)11-3-4(7(13)14)1-6(11)12/h2,4H,1,3H2,(H,13,14). The molecule has 1 N–H and O–H groups in total. The van der Waals surface area contributed by atoms with Crippen LogP contribution in [0.5, 0.6) is 0 Å². The number of hydrogen-bond acceptors (Lipinski definition) is 4. The van der Waals surface area contributed by atoms with Gasteiger partial charge in [-0.1, -0.05) is 22.9 Å². The Morgan fingerprint density at radius 1 is 1.73 bits per heavy atom. The number of aliphatic carboxylic acids is 1. The molecule has 1 saturated heterocycles. The predicted molar refractivity (Wildman–Crippen MR) is 55.2 cm³/mol. The van der Waals surface area contributed by atoms with E-state index in [1.807, 2.05) is 0 Å². The van der Waals surface area contributed by atoms with Crippen LogP contribution in [0.1, 0.15) is 6.42 Å². The number of hydrogen-bond donors (Lipinski definition) is 1. The van der Waals surface area contributed by atoms with Crippen molar-refractivity contribution >= 4 is 39.9 Å². The maximum absolute atomic E-state index is 11.5. The Labute approximate surface area is 94.3 Å². The van der Waals surface area contributed by atoms with E-state index in [2.05, 4.69) is 4.98 Å². The molecular weight excluding hydrogens is 240 g/mol. The SMILES string of the molecule is O=C(O)C1CC(=O)N(c2ncc(Cl)s2)C1. The lowest BCUT2D eigenvalue weighted by atomic mass is 10.1. The van der Waals surface area contributed by atoms with Crippen LogP contribution in [0.2, 0.25) is 4.34 Å².